The fraction of sp³-hybridized carbons (Fsp3) is 0.440. The van der Waals surface area contributed by atoms with Crippen molar-refractivity contribution in [3.63, 3.8) is 0 Å². The molecule has 1 aromatic heterocycles. The molecule has 0 aliphatic rings. The van der Waals surface area contributed by atoms with Crippen molar-refractivity contribution in [3.8, 4) is 0 Å². The summed E-state index contributed by atoms with van der Waals surface area (Å²) >= 11 is 0. The molecular weight excluding hydrogens is 505 g/mol. The predicted molar refractivity (Wildman–Crippen MR) is 137 cm³/mol. The van der Waals surface area contributed by atoms with E-state index in [2.05, 4.69) is 20.9 Å². The minimum Gasteiger partial charge on any atom is -0.444 e. The number of alkyl halides is 3. The van der Waals surface area contributed by atoms with E-state index in [4.69, 9.17) is 4.74 Å². The van der Waals surface area contributed by atoms with Crippen LogP contribution in [0.2, 0.25) is 0 Å². The molecule has 0 saturated carbocycles. The highest BCUT2D eigenvalue weighted by molar-refractivity contribution is 6.05. The van der Waals surface area contributed by atoms with Gasteiger partial charge in [0.2, 0.25) is 0 Å². The third-order valence-electron chi connectivity index (χ3n) is 4.85. The molecule has 1 unspecified atom stereocenters. The molecule has 2 aromatic rings. The number of nitrogens with zero attached hydrogens (tertiary/aromatic N) is 2. The van der Waals surface area contributed by atoms with Crippen molar-refractivity contribution in [3.05, 3.63) is 53.9 Å². The highest BCUT2D eigenvalue weighted by Gasteiger charge is 2.28. The van der Waals surface area contributed by atoms with Gasteiger partial charge in [-0.25, -0.2) is 9.59 Å². The Kier molecular flexibility index (Phi) is 10.5. The lowest BCUT2D eigenvalue weighted by atomic mass is 10.1. The molecular formula is C25H33F3N6O4. The molecule has 0 bridgehead atoms. The topological polar surface area (TPSA) is 125 Å². The zero-order valence-electron chi connectivity index (χ0n) is 21.9. The number of carbonyl (C=O) groups is 3. The number of hydrogen-bond donors (Lipinski definition) is 4. The van der Waals surface area contributed by atoms with Crippen LogP contribution in [0, 0.1) is 0 Å². The van der Waals surface area contributed by atoms with Crippen molar-refractivity contribution in [2.24, 2.45) is 0 Å². The van der Waals surface area contributed by atoms with Crippen molar-refractivity contribution >= 4 is 29.4 Å². The summed E-state index contributed by atoms with van der Waals surface area (Å²) in [6.07, 6.45) is -3.45. The van der Waals surface area contributed by atoms with Gasteiger partial charge in [-0.1, -0.05) is 18.2 Å². The van der Waals surface area contributed by atoms with Crippen LogP contribution in [0.1, 0.15) is 49.3 Å². The predicted octanol–water partition coefficient (Wildman–Crippen LogP) is 4.54. The first-order valence-corrected chi connectivity index (χ1v) is 11.7. The van der Waals surface area contributed by atoms with E-state index >= 15 is 0 Å². The Labute approximate surface area is 219 Å². The normalized spacial score (nSPS) is 12.4. The maximum Gasteiger partial charge on any atom is 0.412 e. The molecule has 13 heteroatoms. The number of urea groups is 1. The number of para-hydroxylation sites is 2. The first-order chi connectivity index (χ1) is 17.6. The monoisotopic (exact) mass is 538 g/mol. The average Bonchev–Trinajstić information content (AvgIpc) is 2.80. The van der Waals surface area contributed by atoms with Crippen LogP contribution in [0.3, 0.4) is 0 Å². The van der Waals surface area contributed by atoms with Gasteiger partial charge in [-0.15, -0.1) is 0 Å². The quantitative estimate of drug-likeness (QED) is 0.372. The van der Waals surface area contributed by atoms with Crippen LogP contribution in [0.15, 0.2) is 42.6 Å². The van der Waals surface area contributed by atoms with Gasteiger partial charge in [0.1, 0.15) is 17.8 Å². The van der Waals surface area contributed by atoms with Crippen LogP contribution in [0.25, 0.3) is 0 Å². The average molecular weight is 539 g/mol. The molecule has 0 saturated heterocycles. The minimum absolute atomic E-state index is 0.0497. The Hall–Kier alpha value is -3.87. The van der Waals surface area contributed by atoms with Gasteiger partial charge in [-0.2, -0.15) is 13.2 Å². The van der Waals surface area contributed by atoms with E-state index in [1.165, 1.54) is 12.3 Å². The largest absolute Gasteiger partial charge is 0.444 e. The van der Waals surface area contributed by atoms with Crippen LogP contribution in [-0.4, -0.2) is 66.9 Å². The Morgan fingerprint density at radius 1 is 1.00 bits per heavy atom. The molecule has 4 amide bonds. The second-order valence-electron chi connectivity index (χ2n) is 9.69. The standard InChI is InChI=1S/C25H33F3N6O4/c1-24(2,3)38-23(37)33-19-9-7-6-8-18(19)31-21(35)20-11-10-16(14-29-20)17(12-13-34(4)5)32-22(36)30-15-25(26,27)28/h6-11,14,17H,12-13,15H2,1-5H3,(H,31,35)(H,33,37)(H2,30,32,36). The van der Waals surface area contributed by atoms with Crippen molar-refractivity contribution < 1.29 is 32.3 Å². The lowest BCUT2D eigenvalue weighted by Gasteiger charge is -2.22. The van der Waals surface area contributed by atoms with Crippen LogP contribution >= 0.6 is 0 Å². The molecule has 10 nitrogen and oxygen atoms in total. The third kappa shape index (κ3) is 11.0. The molecule has 4 N–H and O–H groups in total. The summed E-state index contributed by atoms with van der Waals surface area (Å²) in [6.45, 7) is 4.26. The lowest BCUT2D eigenvalue weighted by molar-refractivity contribution is -0.122. The number of ether oxygens (including phenoxy) is 1. The van der Waals surface area contributed by atoms with Crippen LogP contribution in [0.5, 0.6) is 0 Å². The summed E-state index contributed by atoms with van der Waals surface area (Å²) in [5.74, 6) is -0.560. The van der Waals surface area contributed by atoms with Gasteiger partial charge in [0, 0.05) is 6.20 Å². The maximum absolute atomic E-state index is 12.8. The van der Waals surface area contributed by atoms with Crippen LogP contribution < -0.4 is 21.3 Å². The van der Waals surface area contributed by atoms with E-state index in [1.54, 1.807) is 56.4 Å². The van der Waals surface area contributed by atoms with Gasteiger partial charge in [-0.3, -0.25) is 15.1 Å². The van der Waals surface area contributed by atoms with E-state index in [-0.39, 0.29) is 5.69 Å². The van der Waals surface area contributed by atoms with Gasteiger partial charge in [0.15, 0.2) is 0 Å². The molecule has 1 atom stereocenters. The zero-order chi connectivity index (χ0) is 28.5. The number of hydrogen-bond acceptors (Lipinski definition) is 6. The number of rotatable bonds is 9. The first kappa shape index (κ1) is 30.4. The third-order valence-corrected chi connectivity index (χ3v) is 4.85. The van der Waals surface area contributed by atoms with Crippen LogP contribution in [-0.2, 0) is 4.74 Å². The molecule has 208 valence electrons. The second-order valence-corrected chi connectivity index (χ2v) is 9.69. The van der Waals surface area contributed by atoms with E-state index in [0.717, 1.165) is 0 Å². The van der Waals surface area contributed by atoms with Crippen molar-refractivity contribution in [2.75, 3.05) is 37.8 Å². The highest BCUT2D eigenvalue weighted by atomic mass is 19.4. The molecule has 38 heavy (non-hydrogen) atoms. The summed E-state index contributed by atoms with van der Waals surface area (Å²) < 4.78 is 42.6. The van der Waals surface area contributed by atoms with E-state index in [0.29, 0.717) is 29.9 Å². The van der Waals surface area contributed by atoms with Gasteiger partial charge in [0.25, 0.3) is 5.91 Å². The Morgan fingerprint density at radius 3 is 2.16 bits per heavy atom. The number of aromatic nitrogens is 1. The van der Waals surface area contributed by atoms with Crippen molar-refractivity contribution in [1.29, 1.82) is 0 Å². The number of nitrogens with one attached hydrogen (secondary N) is 4. The Bertz CT molecular complexity index is 1100. The summed E-state index contributed by atoms with van der Waals surface area (Å²) in [7, 11) is 3.64. The highest BCUT2D eigenvalue weighted by Crippen LogP contribution is 2.23. The second kappa shape index (κ2) is 13.1. The maximum atomic E-state index is 12.8. The molecule has 0 spiro atoms. The SMILES string of the molecule is CN(C)CCC(NC(=O)NCC(F)(F)F)c1ccc(C(=O)Nc2ccccc2NC(=O)OC(C)(C)C)nc1. The van der Waals surface area contributed by atoms with Crippen molar-refractivity contribution in [1.82, 2.24) is 20.5 Å². The first-order valence-electron chi connectivity index (χ1n) is 11.7. The molecule has 2 rings (SSSR count). The number of carbonyl (C=O) groups excluding carboxylic acids is 3. The molecule has 0 radical (unpaired) electrons. The fourth-order valence-electron chi connectivity index (χ4n) is 3.15. The Morgan fingerprint density at radius 2 is 1.63 bits per heavy atom. The number of pyridine rings is 1. The molecule has 0 aliphatic carbocycles. The lowest BCUT2D eigenvalue weighted by Crippen LogP contribution is -2.42. The molecule has 0 fully saturated rings. The molecule has 0 aliphatic heterocycles. The molecule has 1 aromatic carbocycles. The number of benzene rings is 1. The van der Waals surface area contributed by atoms with Crippen LogP contribution in [0.4, 0.5) is 34.1 Å². The van der Waals surface area contributed by atoms with Crippen molar-refractivity contribution in [2.45, 2.75) is 45.0 Å². The van der Waals surface area contributed by atoms with Gasteiger partial charge >= 0.3 is 18.3 Å². The number of anilines is 2. The summed E-state index contributed by atoms with van der Waals surface area (Å²) in [5, 5.41) is 9.58. The Balaban J connectivity index is 2.12. The van der Waals surface area contributed by atoms with E-state index in [9.17, 15) is 27.6 Å². The zero-order valence-corrected chi connectivity index (χ0v) is 21.9. The minimum atomic E-state index is -4.53. The summed E-state index contributed by atoms with van der Waals surface area (Å²) in [6, 6.07) is 7.94. The summed E-state index contributed by atoms with van der Waals surface area (Å²) in [5.41, 5.74) is 0.503. The number of amides is 4. The molecule has 1 heterocycles. The smallest absolute Gasteiger partial charge is 0.412 e. The van der Waals surface area contributed by atoms with E-state index in [1.807, 2.05) is 19.0 Å². The van der Waals surface area contributed by atoms with Gasteiger partial charge < -0.3 is 25.6 Å². The summed E-state index contributed by atoms with van der Waals surface area (Å²) in [4.78, 5) is 43.0. The number of halogens is 3. The fourth-order valence-corrected chi connectivity index (χ4v) is 3.15. The van der Waals surface area contributed by atoms with Gasteiger partial charge in [-0.05, 0) is 71.6 Å². The van der Waals surface area contributed by atoms with E-state index < -0.39 is 42.4 Å². The van der Waals surface area contributed by atoms with Gasteiger partial charge in [0.05, 0.1) is 17.4 Å².